The zero-order valence-corrected chi connectivity index (χ0v) is 8.56. The Hall–Kier alpha value is -0.940. The summed E-state index contributed by atoms with van der Waals surface area (Å²) in [5, 5.41) is 3.99. The Balaban J connectivity index is 1.78. The molecule has 0 amide bonds. The van der Waals surface area contributed by atoms with Crippen LogP contribution >= 0.6 is 0 Å². The van der Waals surface area contributed by atoms with Crippen LogP contribution in [-0.4, -0.2) is 29.4 Å². The molecule has 0 bridgehead atoms. The molecular weight excluding hydrogens is 194 g/mol. The molecule has 3 rings (SSSR count). The Labute approximate surface area is 88.0 Å². The van der Waals surface area contributed by atoms with E-state index in [-0.39, 0.29) is 12.0 Å². The minimum absolute atomic E-state index is 0.0822. The van der Waals surface area contributed by atoms with E-state index in [9.17, 15) is 0 Å². The van der Waals surface area contributed by atoms with Crippen LogP contribution in [0.3, 0.4) is 0 Å². The van der Waals surface area contributed by atoms with Crippen molar-refractivity contribution >= 4 is 0 Å². The quantitative estimate of drug-likeness (QED) is 0.779. The molecule has 0 aromatic carbocycles. The van der Waals surface area contributed by atoms with Gasteiger partial charge in [0.05, 0.1) is 12.5 Å². The lowest BCUT2D eigenvalue weighted by atomic mass is 9.97. The first kappa shape index (κ1) is 9.30. The van der Waals surface area contributed by atoms with E-state index in [1.165, 1.54) is 12.8 Å². The third-order valence-corrected chi connectivity index (χ3v) is 3.13. The van der Waals surface area contributed by atoms with Crippen molar-refractivity contribution in [2.24, 2.45) is 5.73 Å². The molecule has 5 heteroatoms. The van der Waals surface area contributed by atoms with Crippen molar-refractivity contribution in [2.45, 2.75) is 37.1 Å². The summed E-state index contributed by atoms with van der Waals surface area (Å²) in [6.45, 7) is 1.34. The molecule has 0 radical (unpaired) electrons. The summed E-state index contributed by atoms with van der Waals surface area (Å²) in [5.74, 6) is 2.12. The largest absolute Gasteiger partial charge is 0.381 e. The highest BCUT2D eigenvalue weighted by Gasteiger charge is 2.33. The Bertz CT molecular complexity index is 348. The summed E-state index contributed by atoms with van der Waals surface area (Å²) >= 11 is 0. The summed E-state index contributed by atoms with van der Waals surface area (Å²) in [6.07, 6.45) is 3.24. The number of nitrogens with two attached hydrogens (primary N) is 1. The first-order valence-corrected chi connectivity index (χ1v) is 5.51. The van der Waals surface area contributed by atoms with Gasteiger partial charge < -0.3 is 15.0 Å². The lowest BCUT2D eigenvalue weighted by Crippen LogP contribution is -2.37. The van der Waals surface area contributed by atoms with Gasteiger partial charge in [0, 0.05) is 18.6 Å². The molecule has 1 aromatic rings. The fourth-order valence-electron chi connectivity index (χ4n) is 1.91. The number of aromatic nitrogens is 2. The molecule has 1 saturated carbocycles. The van der Waals surface area contributed by atoms with Crippen molar-refractivity contribution in [3.8, 4) is 0 Å². The average Bonchev–Trinajstić information content (AvgIpc) is 2.99. The van der Waals surface area contributed by atoms with Gasteiger partial charge in [0.15, 0.2) is 5.82 Å². The van der Waals surface area contributed by atoms with Gasteiger partial charge in [0.25, 0.3) is 0 Å². The van der Waals surface area contributed by atoms with Crippen LogP contribution in [0.25, 0.3) is 0 Å². The second-order valence-electron chi connectivity index (χ2n) is 4.40. The van der Waals surface area contributed by atoms with E-state index in [0.29, 0.717) is 18.4 Å². The van der Waals surface area contributed by atoms with Crippen molar-refractivity contribution in [1.82, 2.24) is 10.1 Å². The molecular formula is C10H15N3O2. The van der Waals surface area contributed by atoms with Gasteiger partial charge >= 0.3 is 0 Å². The predicted molar refractivity (Wildman–Crippen MR) is 52.4 cm³/mol. The summed E-state index contributed by atoms with van der Waals surface area (Å²) in [5.41, 5.74) is 6.00. The maximum absolute atomic E-state index is 6.00. The van der Waals surface area contributed by atoms with Gasteiger partial charge in [0.2, 0.25) is 5.89 Å². The normalized spacial score (nSPS) is 31.8. The highest BCUT2D eigenvalue weighted by Crippen LogP contribution is 2.38. The van der Waals surface area contributed by atoms with E-state index in [1.807, 2.05) is 0 Å². The van der Waals surface area contributed by atoms with Crippen molar-refractivity contribution in [1.29, 1.82) is 0 Å². The molecule has 2 aliphatic rings. The first-order valence-electron chi connectivity index (χ1n) is 5.51. The van der Waals surface area contributed by atoms with E-state index >= 15 is 0 Å². The summed E-state index contributed by atoms with van der Waals surface area (Å²) in [6, 6.07) is 0.0891. The van der Waals surface area contributed by atoms with Crippen LogP contribution in [-0.2, 0) is 4.74 Å². The average molecular weight is 209 g/mol. The molecule has 5 nitrogen and oxygen atoms in total. The van der Waals surface area contributed by atoms with Gasteiger partial charge in [-0.25, -0.2) is 0 Å². The molecule has 2 unspecified atom stereocenters. The van der Waals surface area contributed by atoms with Crippen LogP contribution < -0.4 is 5.73 Å². The summed E-state index contributed by atoms with van der Waals surface area (Å²) in [4.78, 5) is 4.41. The molecule has 82 valence electrons. The van der Waals surface area contributed by atoms with Crippen LogP contribution in [0.4, 0.5) is 0 Å². The topological polar surface area (TPSA) is 74.2 Å². The van der Waals surface area contributed by atoms with Crippen LogP contribution in [0.1, 0.15) is 42.8 Å². The first-order chi connectivity index (χ1) is 7.34. The number of hydrogen-bond acceptors (Lipinski definition) is 5. The van der Waals surface area contributed by atoms with Crippen LogP contribution in [0.5, 0.6) is 0 Å². The maximum Gasteiger partial charge on any atom is 0.233 e. The second-order valence-corrected chi connectivity index (χ2v) is 4.40. The minimum Gasteiger partial charge on any atom is -0.381 e. The molecule has 15 heavy (non-hydrogen) atoms. The number of ether oxygens (including phenoxy) is 1. The van der Waals surface area contributed by atoms with E-state index in [0.717, 1.165) is 18.9 Å². The summed E-state index contributed by atoms with van der Waals surface area (Å²) < 4.78 is 10.6. The Morgan fingerprint density at radius 2 is 2.13 bits per heavy atom. The van der Waals surface area contributed by atoms with Crippen LogP contribution in [0, 0.1) is 0 Å². The maximum atomic E-state index is 6.00. The van der Waals surface area contributed by atoms with Crippen molar-refractivity contribution in [3.63, 3.8) is 0 Å². The molecule has 1 saturated heterocycles. The van der Waals surface area contributed by atoms with Gasteiger partial charge in [0.1, 0.15) is 0 Å². The Morgan fingerprint density at radius 3 is 2.87 bits per heavy atom. The molecule has 1 aliphatic heterocycles. The molecule has 1 aliphatic carbocycles. The Kier molecular flexibility index (Phi) is 2.21. The number of hydrogen-bond donors (Lipinski definition) is 1. The standard InChI is InChI=1S/C10H15N3O2/c11-8-3-4-14-5-7(8)10-12-9(13-15-10)6-1-2-6/h6-8H,1-5,11H2. The highest BCUT2D eigenvalue weighted by molar-refractivity contribution is 5.07. The van der Waals surface area contributed by atoms with E-state index in [2.05, 4.69) is 10.1 Å². The van der Waals surface area contributed by atoms with Gasteiger partial charge in [-0.15, -0.1) is 0 Å². The van der Waals surface area contributed by atoms with E-state index in [4.69, 9.17) is 15.0 Å². The van der Waals surface area contributed by atoms with Gasteiger partial charge in [-0.3, -0.25) is 0 Å². The van der Waals surface area contributed by atoms with Gasteiger partial charge in [-0.05, 0) is 19.3 Å². The second kappa shape index (κ2) is 3.57. The van der Waals surface area contributed by atoms with E-state index < -0.39 is 0 Å². The van der Waals surface area contributed by atoms with Gasteiger partial charge in [-0.1, -0.05) is 5.16 Å². The molecule has 2 atom stereocenters. The monoisotopic (exact) mass is 209 g/mol. The highest BCUT2D eigenvalue weighted by atomic mass is 16.5. The van der Waals surface area contributed by atoms with Gasteiger partial charge in [-0.2, -0.15) is 4.98 Å². The third kappa shape index (κ3) is 1.77. The fourth-order valence-corrected chi connectivity index (χ4v) is 1.91. The Morgan fingerprint density at radius 1 is 1.27 bits per heavy atom. The van der Waals surface area contributed by atoms with Crippen LogP contribution in [0.2, 0.25) is 0 Å². The summed E-state index contributed by atoms with van der Waals surface area (Å²) in [7, 11) is 0. The molecule has 1 aromatic heterocycles. The molecule has 2 fully saturated rings. The van der Waals surface area contributed by atoms with Crippen molar-refractivity contribution in [3.05, 3.63) is 11.7 Å². The molecule has 0 spiro atoms. The zero-order valence-electron chi connectivity index (χ0n) is 8.56. The fraction of sp³-hybridized carbons (Fsp3) is 0.800. The number of nitrogens with zero attached hydrogens (tertiary/aromatic N) is 2. The smallest absolute Gasteiger partial charge is 0.233 e. The van der Waals surface area contributed by atoms with Crippen molar-refractivity contribution in [2.75, 3.05) is 13.2 Å². The number of rotatable bonds is 2. The van der Waals surface area contributed by atoms with Crippen molar-refractivity contribution < 1.29 is 9.26 Å². The molecule has 2 N–H and O–H groups in total. The molecule has 2 heterocycles. The third-order valence-electron chi connectivity index (χ3n) is 3.13. The minimum atomic E-state index is 0.0822. The lowest BCUT2D eigenvalue weighted by molar-refractivity contribution is 0.0590. The zero-order chi connectivity index (χ0) is 10.3. The SMILES string of the molecule is NC1CCOCC1c1nc(C2CC2)no1. The van der Waals surface area contributed by atoms with Crippen LogP contribution in [0.15, 0.2) is 4.52 Å². The predicted octanol–water partition coefficient (Wildman–Crippen LogP) is 0.778. The lowest BCUT2D eigenvalue weighted by Gasteiger charge is -2.25. The van der Waals surface area contributed by atoms with E-state index in [1.54, 1.807) is 0 Å².